The van der Waals surface area contributed by atoms with E-state index in [2.05, 4.69) is 21.9 Å². The monoisotopic (exact) mass is 686 g/mol. The first kappa shape index (κ1) is 33.4. The Kier molecular flexibility index (Phi) is 9.21. The van der Waals surface area contributed by atoms with Gasteiger partial charge in [0.05, 0.1) is 29.0 Å². The summed E-state index contributed by atoms with van der Waals surface area (Å²) in [5.74, 6) is -1.83. The molecule has 2 amide bonds. The minimum absolute atomic E-state index is 0.0486. The lowest BCUT2D eigenvalue weighted by Gasteiger charge is -2.31. The van der Waals surface area contributed by atoms with Crippen LogP contribution in [0.3, 0.4) is 0 Å². The van der Waals surface area contributed by atoms with E-state index in [9.17, 15) is 53.5 Å². The molecule has 0 saturated carbocycles. The third kappa shape index (κ3) is 6.46. The van der Waals surface area contributed by atoms with E-state index < -0.39 is 87.0 Å². The zero-order valence-electron chi connectivity index (χ0n) is 20.9. The smallest absolute Gasteiger partial charge is 0.320 e. The van der Waals surface area contributed by atoms with Crippen LogP contribution in [0.15, 0.2) is 65.1 Å². The quantitative estimate of drug-likeness (QED) is 0.209. The molecule has 0 spiro atoms. The van der Waals surface area contributed by atoms with Gasteiger partial charge >= 0.3 is 24.2 Å². The number of rotatable bonds is 6. The molecule has 0 bridgehead atoms. The average Bonchev–Trinajstić information content (AvgIpc) is 2.90. The van der Waals surface area contributed by atoms with Crippen LogP contribution in [0.5, 0.6) is 0 Å². The zero-order valence-corrected chi connectivity index (χ0v) is 22.4. The molecule has 0 atom stereocenters. The number of halogens is 12. The Morgan fingerprint density at radius 3 is 1.95 bits per heavy atom. The van der Waals surface area contributed by atoms with Crippen molar-refractivity contribution in [2.24, 2.45) is 0 Å². The van der Waals surface area contributed by atoms with Gasteiger partial charge in [0.15, 0.2) is 5.82 Å². The predicted octanol–water partition coefficient (Wildman–Crippen LogP) is 8.43. The summed E-state index contributed by atoms with van der Waals surface area (Å²) in [5.41, 5.74) is -14.0. The van der Waals surface area contributed by atoms with Gasteiger partial charge in [-0.25, -0.2) is 8.78 Å². The van der Waals surface area contributed by atoms with Gasteiger partial charge in [0, 0.05) is 15.6 Å². The van der Waals surface area contributed by atoms with E-state index in [4.69, 9.17) is 6.42 Å². The molecule has 0 unspecified atom stereocenters. The highest BCUT2D eigenvalue weighted by Crippen LogP contribution is 2.55. The van der Waals surface area contributed by atoms with Gasteiger partial charge in [0.1, 0.15) is 0 Å². The first-order valence-corrected chi connectivity index (χ1v) is 12.2. The molecule has 0 radical (unpaired) electrons. The summed E-state index contributed by atoms with van der Waals surface area (Å²) < 4.78 is 150. The molecule has 0 aliphatic heterocycles. The summed E-state index contributed by atoms with van der Waals surface area (Å²) in [4.78, 5) is 26.6. The number of hydrogen-bond donors (Lipinski definition) is 1. The van der Waals surface area contributed by atoms with E-state index in [-0.39, 0.29) is 11.6 Å². The number of alkyl halides is 10. The molecule has 0 aliphatic carbocycles. The van der Waals surface area contributed by atoms with Crippen molar-refractivity contribution in [3.05, 3.63) is 93.2 Å². The fourth-order valence-corrected chi connectivity index (χ4v) is 4.38. The summed E-state index contributed by atoms with van der Waals surface area (Å²) in [7, 11) is 0. The van der Waals surface area contributed by atoms with Gasteiger partial charge in [0.2, 0.25) is 0 Å². The molecule has 3 aromatic rings. The molecule has 0 aromatic heterocycles. The molecular weight excluding hydrogens is 673 g/mol. The largest absolute Gasteiger partial charge is 0.435 e. The Morgan fingerprint density at radius 1 is 0.860 bits per heavy atom. The van der Waals surface area contributed by atoms with Crippen LogP contribution in [0.25, 0.3) is 0 Å². The highest BCUT2D eigenvalue weighted by Gasteiger charge is 2.73. The Morgan fingerprint density at radius 2 is 1.44 bits per heavy atom. The van der Waals surface area contributed by atoms with Crippen LogP contribution >= 0.6 is 15.9 Å². The Hall–Kier alpha value is -4.13. The Bertz CT molecular complexity index is 1560. The van der Waals surface area contributed by atoms with Crippen LogP contribution in [0.1, 0.15) is 31.8 Å². The van der Waals surface area contributed by atoms with Crippen molar-refractivity contribution in [1.82, 2.24) is 0 Å². The molecule has 3 aromatic carbocycles. The average molecular weight is 687 g/mol. The van der Waals surface area contributed by atoms with Gasteiger partial charge in [-0.1, -0.05) is 30.2 Å². The second-order valence-electron chi connectivity index (χ2n) is 8.59. The lowest BCUT2D eigenvalue weighted by Crippen LogP contribution is -2.50. The second-order valence-corrected chi connectivity index (χ2v) is 9.44. The number of nitrogens with one attached hydrogen (secondary N) is 1. The Labute approximate surface area is 243 Å². The minimum atomic E-state index is -6.73. The molecule has 0 saturated heterocycles. The number of nitrogens with zero attached hydrogens (tertiary/aromatic N) is 1. The van der Waals surface area contributed by atoms with E-state index in [1.54, 1.807) is 11.4 Å². The molecule has 0 heterocycles. The molecule has 0 aliphatic rings. The third-order valence-electron chi connectivity index (χ3n) is 5.84. The number of terminal acetylenes is 1. The van der Waals surface area contributed by atoms with Crippen LogP contribution < -0.4 is 10.2 Å². The zero-order chi connectivity index (χ0) is 32.5. The maximum Gasteiger partial charge on any atom is 0.435 e. The van der Waals surface area contributed by atoms with Crippen LogP contribution in [-0.4, -0.2) is 30.7 Å². The van der Waals surface area contributed by atoms with Gasteiger partial charge in [-0.2, -0.15) is 39.5 Å². The van der Waals surface area contributed by atoms with Gasteiger partial charge in [-0.15, -0.1) is 6.42 Å². The highest BCUT2D eigenvalue weighted by molar-refractivity contribution is 9.10. The van der Waals surface area contributed by atoms with Gasteiger partial charge in [-0.3, -0.25) is 14.5 Å². The van der Waals surface area contributed by atoms with Crippen molar-refractivity contribution in [3.63, 3.8) is 0 Å². The SMILES string of the molecule is C#CCN(C(=O)c1ccccc1)c1cccc(C(=O)Nc2c(Br)cc(C(F)(C(F)(F)F)C(F)(F)F)cc2C(F)(F)F)c1F. The van der Waals surface area contributed by atoms with Crippen LogP contribution in [0.2, 0.25) is 0 Å². The minimum Gasteiger partial charge on any atom is -0.320 e. The molecule has 3 rings (SSSR count). The third-order valence-corrected chi connectivity index (χ3v) is 6.47. The lowest BCUT2D eigenvalue weighted by atomic mass is 9.92. The fraction of sp³-hybridized carbons (Fsp3) is 0.185. The normalized spacial score (nSPS) is 12.4. The number of anilines is 2. The molecule has 16 heteroatoms. The predicted molar refractivity (Wildman–Crippen MR) is 135 cm³/mol. The van der Waals surface area contributed by atoms with Crippen molar-refractivity contribution in [2.45, 2.75) is 24.2 Å². The van der Waals surface area contributed by atoms with Gasteiger partial charge < -0.3 is 5.32 Å². The van der Waals surface area contributed by atoms with E-state index in [0.717, 1.165) is 23.1 Å². The standard InChI is InChI=1S/C27H14BrF11N2O2/c1-2-11-41(23(43)14-7-4-3-5-8-14)19-10-6-9-16(20(19)29)22(42)40-21-17(25(31,32)33)12-15(13-18(21)28)24(30,26(34,35)36)27(37,38)39/h1,3-10,12-13H,11H2,(H,40,42). The lowest BCUT2D eigenvalue weighted by molar-refractivity contribution is -0.348. The maximum atomic E-state index is 15.5. The molecule has 0 fully saturated rings. The summed E-state index contributed by atoms with van der Waals surface area (Å²) in [6.07, 6.45) is -13.9. The number of carbonyl (C=O) groups excluding carboxylic acids is 2. The molecular formula is C27H14BrF11N2O2. The highest BCUT2D eigenvalue weighted by atomic mass is 79.9. The molecule has 228 valence electrons. The van der Waals surface area contributed by atoms with Crippen molar-refractivity contribution >= 4 is 39.1 Å². The Balaban J connectivity index is 2.12. The van der Waals surface area contributed by atoms with Crippen molar-refractivity contribution in [3.8, 4) is 12.3 Å². The number of carbonyl (C=O) groups is 2. The van der Waals surface area contributed by atoms with E-state index in [1.807, 2.05) is 0 Å². The van der Waals surface area contributed by atoms with Crippen molar-refractivity contribution < 1.29 is 57.9 Å². The summed E-state index contributed by atoms with van der Waals surface area (Å²) in [6, 6.07) is 9.09. The van der Waals surface area contributed by atoms with E-state index in [1.165, 1.54) is 24.3 Å². The number of hydrogen-bond acceptors (Lipinski definition) is 2. The molecule has 43 heavy (non-hydrogen) atoms. The summed E-state index contributed by atoms with van der Waals surface area (Å²) in [5, 5.41) is 1.58. The number of benzene rings is 3. The summed E-state index contributed by atoms with van der Waals surface area (Å²) >= 11 is 2.35. The van der Waals surface area contributed by atoms with Crippen molar-refractivity contribution in [1.29, 1.82) is 0 Å². The van der Waals surface area contributed by atoms with Gasteiger partial charge in [-0.05, 0) is 52.3 Å². The molecule has 4 nitrogen and oxygen atoms in total. The van der Waals surface area contributed by atoms with Crippen LogP contribution in [0.4, 0.5) is 59.7 Å². The topological polar surface area (TPSA) is 49.4 Å². The van der Waals surface area contributed by atoms with E-state index in [0.29, 0.717) is 0 Å². The van der Waals surface area contributed by atoms with Gasteiger partial charge in [0.25, 0.3) is 11.8 Å². The van der Waals surface area contributed by atoms with Crippen molar-refractivity contribution in [2.75, 3.05) is 16.8 Å². The molecule has 1 N–H and O–H groups in total. The first-order valence-electron chi connectivity index (χ1n) is 11.4. The number of amides is 2. The van der Waals surface area contributed by atoms with Crippen LogP contribution in [-0.2, 0) is 11.8 Å². The van der Waals surface area contributed by atoms with Crippen LogP contribution in [0, 0.1) is 18.2 Å². The summed E-state index contributed by atoms with van der Waals surface area (Å²) in [6.45, 7) is -0.523. The fourth-order valence-electron chi connectivity index (χ4n) is 3.82. The second kappa shape index (κ2) is 11.9. The first-order chi connectivity index (χ1) is 19.8. The van der Waals surface area contributed by atoms with E-state index >= 15 is 4.39 Å². The maximum absolute atomic E-state index is 15.5.